The molecule has 3 aromatic rings. The van der Waals surface area contributed by atoms with Gasteiger partial charge in [0.15, 0.2) is 11.6 Å². The Bertz CT molecular complexity index is 1330. The Morgan fingerprint density at radius 1 is 1.03 bits per heavy atom. The normalized spacial score (nSPS) is 16.7. The van der Waals surface area contributed by atoms with Crippen LogP contribution >= 0.6 is 0 Å². The Hall–Kier alpha value is -3.51. The summed E-state index contributed by atoms with van der Waals surface area (Å²) < 4.78 is 2.08. The van der Waals surface area contributed by atoms with E-state index in [2.05, 4.69) is 52.9 Å². The number of carbonyl (C=O) groups excluding carboxylic acids is 2. The summed E-state index contributed by atoms with van der Waals surface area (Å²) >= 11 is 0. The lowest BCUT2D eigenvalue weighted by Crippen LogP contribution is -2.28. The molecule has 0 saturated carbocycles. The van der Waals surface area contributed by atoms with Crippen molar-refractivity contribution in [3.63, 3.8) is 0 Å². The minimum Gasteiger partial charge on any atom is -0.345 e. The Balaban J connectivity index is 1.53. The molecule has 2 aliphatic rings. The van der Waals surface area contributed by atoms with E-state index in [1.165, 1.54) is 11.1 Å². The van der Waals surface area contributed by atoms with E-state index in [0.29, 0.717) is 34.5 Å². The Kier molecular flexibility index (Phi) is 5.70. The van der Waals surface area contributed by atoms with Gasteiger partial charge in [-0.15, -0.1) is 0 Å². The van der Waals surface area contributed by atoms with Crippen LogP contribution in [-0.2, 0) is 6.54 Å². The van der Waals surface area contributed by atoms with Crippen LogP contribution < -0.4 is 5.43 Å². The number of nitrogens with zero attached hydrogens (tertiary/aromatic N) is 3. The fourth-order valence-electron chi connectivity index (χ4n) is 5.32. The average Bonchev–Trinajstić information content (AvgIpc) is 3.24. The molecule has 5 rings (SSSR count). The quantitative estimate of drug-likeness (QED) is 0.332. The molecule has 0 spiro atoms. The number of hydrogen-bond donors (Lipinski definition) is 1. The van der Waals surface area contributed by atoms with E-state index in [9.17, 15) is 9.59 Å². The summed E-state index contributed by atoms with van der Waals surface area (Å²) in [4.78, 5) is 29.7. The summed E-state index contributed by atoms with van der Waals surface area (Å²) in [7, 11) is 0. The first kappa shape index (κ1) is 22.3. The van der Waals surface area contributed by atoms with Gasteiger partial charge >= 0.3 is 0 Å². The van der Waals surface area contributed by atoms with Crippen LogP contribution in [0.15, 0.2) is 53.8 Å². The van der Waals surface area contributed by atoms with Gasteiger partial charge in [-0.05, 0) is 37.2 Å². The van der Waals surface area contributed by atoms with E-state index in [-0.39, 0.29) is 17.5 Å². The van der Waals surface area contributed by atoms with Crippen LogP contribution in [0.5, 0.6) is 0 Å². The molecule has 2 aromatic carbocycles. The highest BCUT2D eigenvalue weighted by atomic mass is 16.1. The molecule has 2 heterocycles. The van der Waals surface area contributed by atoms with Crippen molar-refractivity contribution in [2.45, 2.75) is 40.2 Å². The van der Waals surface area contributed by atoms with E-state index < -0.39 is 0 Å². The van der Waals surface area contributed by atoms with Gasteiger partial charge in [0.25, 0.3) is 0 Å². The first-order valence-electron chi connectivity index (χ1n) is 12.0. The molecule has 0 amide bonds. The summed E-state index contributed by atoms with van der Waals surface area (Å²) in [6.45, 7) is 11.6. The third-order valence-corrected chi connectivity index (χ3v) is 7.11. The second-order valence-electron chi connectivity index (χ2n) is 9.16. The number of benzene rings is 2. The summed E-state index contributed by atoms with van der Waals surface area (Å²) in [5, 5.41) is 4.51. The van der Waals surface area contributed by atoms with Crippen molar-refractivity contribution in [2.75, 3.05) is 25.1 Å². The van der Waals surface area contributed by atoms with Crippen molar-refractivity contribution >= 4 is 23.0 Å². The highest BCUT2D eigenvalue weighted by molar-refractivity contribution is 6.30. The molecule has 1 aromatic heterocycles. The van der Waals surface area contributed by atoms with E-state index in [0.717, 1.165) is 31.0 Å². The third kappa shape index (κ3) is 3.49. The SMILES string of the molecule is CCN(CC)CC(C)=NNc1cccc2c1C(=O)c1cn3c(c1C2=O)C(C)c1ccccc1C3. The molecule has 34 heavy (non-hydrogen) atoms. The fourth-order valence-corrected chi connectivity index (χ4v) is 5.32. The van der Waals surface area contributed by atoms with Crippen molar-refractivity contribution in [2.24, 2.45) is 5.10 Å². The van der Waals surface area contributed by atoms with Crippen molar-refractivity contribution in [3.05, 3.63) is 87.7 Å². The van der Waals surface area contributed by atoms with Crippen LogP contribution in [0.4, 0.5) is 5.69 Å². The monoisotopic (exact) mass is 454 g/mol. The average molecular weight is 455 g/mol. The fraction of sp³-hybridized carbons (Fsp3) is 0.321. The molecule has 1 atom stereocenters. The van der Waals surface area contributed by atoms with Gasteiger partial charge in [0, 0.05) is 42.2 Å². The molecule has 174 valence electrons. The molecule has 1 aliphatic heterocycles. The van der Waals surface area contributed by atoms with Crippen molar-refractivity contribution in [1.82, 2.24) is 9.47 Å². The zero-order valence-electron chi connectivity index (χ0n) is 20.2. The predicted octanol–water partition coefficient (Wildman–Crippen LogP) is 4.91. The molecule has 1 aliphatic carbocycles. The summed E-state index contributed by atoms with van der Waals surface area (Å²) in [6, 6.07) is 13.7. The number of ketones is 2. The molecule has 6 heteroatoms. The molecule has 0 fully saturated rings. The Morgan fingerprint density at radius 3 is 2.53 bits per heavy atom. The van der Waals surface area contributed by atoms with Crippen LogP contribution in [0.1, 0.15) is 82.3 Å². The molecular formula is C28H30N4O2. The minimum absolute atomic E-state index is 0.0423. The van der Waals surface area contributed by atoms with E-state index >= 15 is 0 Å². The van der Waals surface area contributed by atoms with Crippen LogP contribution in [0.2, 0.25) is 0 Å². The van der Waals surface area contributed by atoms with Gasteiger partial charge in [-0.1, -0.05) is 57.2 Å². The van der Waals surface area contributed by atoms with Gasteiger partial charge in [0.05, 0.1) is 22.4 Å². The summed E-state index contributed by atoms with van der Waals surface area (Å²) in [5.74, 6) is -0.167. The maximum absolute atomic E-state index is 13.7. The molecule has 1 N–H and O–H groups in total. The second-order valence-corrected chi connectivity index (χ2v) is 9.16. The van der Waals surface area contributed by atoms with Gasteiger partial charge in [-0.3, -0.25) is 19.9 Å². The van der Waals surface area contributed by atoms with Crippen LogP contribution in [0.25, 0.3) is 0 Å². The Labute approximate surface area is 200 Å². The van der Waals surface area contributed by atoms with Crippen LogP contribution in [0, 0.1) is 0 Å². The number of anilines is 1. The van der Waals surface area contributed by atoms with Crippen molar-refractivity contribution < 1.29 is 9.59 Å². The zero-order valence-corrected chi connectivity index (χ0v) is 20.2. The number of hydrazone groups is 1. The number of aromatic nitrogens is 1. The lowest BCUT2D eigenvalue weighted by atomic mass is 9.81. The highest BCUT2D eigenvalue weighted by Gasteiger charge is 2.39. The third-order valence-electron chi connectivity index (χ3n) is 7.11. The van der Waals surface area contributed by atoms with Gasteiger partial charge in [-0.2, -0.15) is 5.10 Å². The number of rotatable bonds is 6. The zero-order chi connectivity index (χ0) is 24.0. The topological polar surface area (TPSA) is 66.7 Å². The molecule has 6 nitrogen and oxygen atoms in total. The van der Waals surface area contributed by atoms with Crippen molar-refractivity contribution in [1.29, 1.82) is 0 Å². The summed E-state index contributed by atoms with van der Waals surface area (Å²) in [5.41, 5.74) is 9.84. The first-order chi connectivity index (χ1) is 16.4. The lowest BCUT2D eigenvalue weighted by molar-refractivity contribution is 0.0980. The molecule has 1 unspecified atom stereocenters. The van der Waals surface area contributed by atoms with Crippen molar-refractivity contribution in [3.8, 4) is 0 Å². The number of hydrogen-bond acceptors (Lipinski definition) is 5. The first-order valence-corrected chi connectivity index (χ1v) is 12.0. The van der Waals surface area contributed by atoms with Gasteiger partial charge in [0.2, 0.25) is 0 Å². The number of fused-ring (bicyclic) bond motifs is 5. The standard InChI is InChI=1S/C28H30N4O2/c1-5-31(6-2)14-17(3)29-30-23-13-9-12-21-24(23)28(34)22-16-32-15-19-10-7-8-11-20(19)18(4)26(32)25(22)27(21)33/h7-13,16,18,30H,5-6,14-15H2,1-4H3. The Morgan fingerprint density at radius 2 is 1.76 bits per heavy atom. The minimum atomic E-state index is -0.123. The maximum atomic E-state index is 13.7. The lowest BCUT2D eigenvalue weighted by Gasteiger charge is -2.27. The predicted molar refractivity (Wildman–Crippen MR) is 135 cm³/mol. The molecular weight excluding hydrogens is 424 g/mol. The molecule has 0 bridgehead atoms. The molecule has 0 radical (unpaired) electrons. The van der Waals surface area contributed by atoms with Crippen LogP contribution in [0.3, 0.4) is 0 Å². The van der Waals surface area contributed by atoms with Gasteiger partial charge < -0.3 is 4.57 Å². The maximum Gasteiger partial charge on any atom is 0.198 e. The smallest absolute Gasteiger partial charge is 0.198 e. The second kappa shape index (κ2) is 8.69. The number of nitrogens with one attached hydrogen (secondary N) is 1. The largest absolute Gasteiger partial charge is 0.345 e. The van der Waals surface area contributed by atoms with E-state index in [4.69, 9.17) is 0 Å². The van der Waals surface area contributed by atoms with E-state index in [1.807, 2.05) is 37.4 Å². The molecule has 0 saturated heterocycles. The van der Waals surface area contributed by atoms with E-state index in [1.54, 1.807) is 6.07 Å². The summed E-state index contributed by atoms with van der Waals surface area (Å²) in [6.07, 6.45) is 1.87. The van der Waals surface area contributed by atoms with Gasteiger partial charge in [-0.25, -0.2) is 0 Å². The number of carbonyl (C=O) groups is 2. The van der Waals surface area contributed by atoms with Crippen LogP contribution in [-0.4, -0.2) is 46.4 Å². The van der Waals surface area contributed by atoms with Gasteiger partial charge in [0.1, 0.15) is 0 Å². The highest BCUT2D eigenvalue weighted by Crippen LogP contribution is 2.41.